The molecule has 0 radical (unpaired) electrons. The average Bonchev–Trinajstić information content (AvgIpc) is 3.27. The highest BCUT2D eigenvalue weighted by atomic mass is 32.1. The second kappa shape index (κ2) is 11.8. The van der Waals surface area contributed by atoms with Crippen molar-refractivity contribution in [3.8, 4) is 5.75 Å². The summed E-state index contributed by atoms with van der Waals surface area (Å²) < 4.78 is 28.6. The molecular formula is C22H27F2N3O3S. The number of rotatable bonds is 10. The summed E-state index contributed by atoms with van der Waals surface area (Å²) in [5, 5.41) is 7.88. The van der Waals surface area contributed by atoms with Gasteiger partial charge in [-0.15, -0.1) is 11.3 Å². The predicted molar refractivity (Wildman–Crippen MR) is 115 cm³/mol. The number of nitrogens with zero attached hydrogens (tertiary/aromatic N) is 1. The quantitative estimate of drug-likeness (QED) is 0.583. The van der Waals surface area contributed by atoms with Crippen LogP contribution in [0.2, 0.25) is 0 Å². The summed E-state index contributed by atoms with van der Waals surface area (Å²) in [5.41, 5.74) is 0.799. The molecule has 2 heterocycles. The van der Waals surface area contributed by atoms with Crippen LogP contribution in [0, 0.1) is 5.92 Å². The van der Waals surface area contributed by atoms with Crippen LogP contribution in [-0.2, 0) is 22.6 Å². The smallest absolute Gasteiger partial charge is 0.387 e. The summed E-state index contributed by atoms with van der Waals surface area (Å²) in [6, 6.07) is 10.3. The van der Waals surface area contributed by atoms with Crippen LogP contribution in [0.1, 0.15) is 23.3 Å². The van der Waals surface area contributed by atoms with Crippen molar-refractivity contribution < 1.29 is 23.1 Å². The number of likely N-dealkylation sites (tertiary alicyclic amines) is 1. The maximum atomic E-state index is 12.3. The lowest BCUT2D eigenvalue weighted by molar-refractivity contribution is -0.126. The number of ether oxygens (including phenoxy) is 1. The van der Waals surface area contributed by atoms with Crippen LogP contribution < -0.4 is 15.4 Å². The van der Waals surface area contributed by atoms with Crippen molar-refractivity contribution in [1.82, 2.24) is 15.5 Å². The Morgan fingerprint density at radius 1 is 1.13 bits per heavy atom. The van der Waals surface area contributed by atoms with E-state index in [1.165, 1.54) is 17.0 Å². The molecule has 0 unspecified atom stereocenters. The van der Waals surface area contributed by atoms with Gasteiger partial charge >= 0.3 is 6.61 Å². The monoisotopic (exact) mass is 451 g/mol. The van der Waals surface area contributed by atoms with Crippen molar-refractivity contribution in [3.63, 3.8) is 0 Å². The number of piperidine rings is 1. The lowest BCUT2D eigenvalue weighted by Gasteiger charge is -2.30. The van der Waals surface area contributed by atoms with E-state index in [-0.39, 0.29) is 30.0 Å². The summed E-state index contributed by atoms with van der Waals surface area (Å²) in [5.74, 6) is 0.0757. The van der Waals surface area contributed by atoms with Crippen LogP contribution in [0.25, 0.3) is 0 Å². The van der Waals surface area contributed by atoms with Gasteiger partial charge in [-0.1, -0.05) is 18.2 Å². The Bertz CT molecular complexity index is 823. The number of alkyl halides is 2. The first-order valence-corrected chi connectivity index (χ1v) is 11.2. The second-order valence-electron chi connectivity index (χ2n) is 7.47. The molecule has 2 amide bonds. The van der Waals surface area contributed by atoms with Gasteiger partial charge in [0.25, 0.3) is 0 Å². The zero-order chi connectivity index (χ0) is 22.1. The highest BCUT2D eigenvalue weighted by Gasteiger charge is 2.25. The number of nitrogens with one attached hydrogen (secondary N) is 2. The van der Waals surface area contributed by atoms with Crippen molar-refractivity contribution in [3.05, 3.63) is 52.2 Å². The Labute approximate surface area is 184 Å². The number of hydrogen-bond donors (Lipinski definition) is 2. The highest BCUT2D eigenvalue weighted by Crippen LogP contribution is 2.18. The molecule has 1 saturated heterocycles. The minimum absolute atomic E-state index is 0.00313. The van der Waals surface area contributed by atoms with Gasteiger partial charge in [0.1, 0.15) is 5.75 Å². The molecule has 168 valence electrons. The van der Waals surface area contributed by atoms with E-state index in [9.17, 15) is 18.4 Å². The van der Waals surface area contributed by atoms with Crippen molar-refractivity contribution in [2.24, 2.45) is 5.92 Å². The largest absolute Gasteiger partial charge is 0.435 e. The van der Waals surface area contributed by atoms with E-state index in [0.29, 0.717) is 26.2 Å². The fourth-order valence-corrected chi connectivity index (χ4v) is 4.22. The topological polar surface area (TPSA) is 70.7 Å². The molecular weight excluding hydrogens is 424 g/mol. The van der Waals surface area contributed by atoms with Crippen LogP contribution in [0.15, 0.2) is 41.8 Å². The van der Waals surface area contributed by atoms with E-state index >= 15 is 0 Å². The summed E-state index contributed by atoms with van der Waals surface area (Å²) in [6.07, 6.45) is 2.33. The van der Waals surface area contributed by atoms with Crippen molar-refractivity contribution >= 4 is 23.2 Å². The molecule has 1 fully saturated rings. The summed E-state index contributed by atoms with van der Waals surface area (Å²) in [6.45, 7) is -0.202. The third-order valence-corrected chi connectivity index (χ3v) is 6.15. The van der Waals surface area contributed by atoms with Gasteiger partial charge < -0.3 is 15.4 Å². The molecule has 0 spiro atoms. The van der Waals surface area contributed by atoms with Crippen molar-refractivity contribution in [2.45, 2.75) is 32.4 Å². The van der Waals surface area contributed by atoms with Gasteiger partial charge in [0.2, 0.25) is 11.8 Å². The minimum atomic E-state index is -2.85. The number of thiophene rings is 1. The fraction of sp³-hybridized carbons (Fsp3) is 0.455. The predicted octanol–water partition coefficient (Wildman–Crippen LogP) is 3.04. The third kappa shape index (κ3) is 7.91. The third-order valence-electron chi connectivity index (χ3n) is 5.21. The molecule has 0 bridgehead atoms. The van der Waals surface area contributed by atoms with Gasteiger partial charge in [-0.05, 0) is 61.5 Å². The first-order valence-electron chi connectivity index (χ1n) is 10.3. The van der Waals surface area contributed by atoms with Crippen LogP contribution in [-0.4, -0.2) is 49.5 Å². The van der Waals surface area contributed by atoms with Crippen LogP contribution >= 0.6 is 11.3 Å². The molecule has 2 aromatic rings. The zero-order valence-electron chi connectivity index (χ0n) is 17.2. The Balaban J connectivity index is 1.30. The fourth-order valence-electron chi connectivity index (χ4n) is 3.51. The standard InChI is InChI=1S/C22H27F2N3O3S/c23-22(24)30-18-5-3-16(4-6-18)14-26-20(28)15-27-11-8-17(9-12-27)21(29)25-10-7-19-2-1-13-31-19/h1-6,13,17,22H,7-12,14-15H2,(H,25,29)(H,26,28). The zero-order valence-corrected chi connectivity index (χ0v) is 18.0. The van der Waals surface area contributed by atoms with E-state index in [1.54, 1.807) is 23.5 Å². The van der Waals surface area contributed by atoms with Gasteiger partial charge in [0.15, 0.2) is 0 Å². The van der Waals surface area contributed by atoms with Crippen molar-refractivity contribution in [1.29, 1.82) is 0 Å². The Kier molecular flexibility index (Phi) is 8.78. The first kappa shape index (κ1) is 23.1. The van der Waals surface area contributed by atoms with Crippen LogP contribution in [0.4, 0.5) is 8.78 Å². The molecule has 3 rings (SSSR count). The summed E-state index contributed by atoms with van der Waals surface area (Å²) in [7, 11) is 0. The van der Waals surface area contributed by atoms with Gasteiger partial charge in [0, 0.05) is 23.9 Å². The van der Waals surface area contributed by atoms with E-state index in [4.69, 9.17) is 0 Å². The number of halogens is 2. The molecule has 0 atom stereocenters. The average molecular weight is 452 g/mol. The molecule has 1 aliphatic rings. The van der Waals surface area contributed by atoms with Crippen molar-refractivity contribution in [2.75, 3.05) is 26.2 Å². The number of benzene rings is 1. The summed E-state index contributed by atoms with van der Waals surface area (Å²) >= 11 is 1.69. The molecule has 6 nitrogen and oxygen atoms in total. The number of amides is 2. The highest BCUT2D eigenvalue weighted by molar-refractivity contribution is 7.09. The molecule has 31 heavy (non-hydrogen) atoms. The lowest BCUT2D eigenvalue weighted by Crippen LogP contribution is -2.44. The first-order chi connectivity index (χ1) is 15.0. The molecule has 1 aromatic heterocycles. The maximum absolute atomic E-state index is 12.3. The molecule has 1 aliphatic heterocycles. The van der Waals surface area contributed by atoms with E-state index < -0.39 is 6.61 Å². The maximum Gasteiger partial charge on any atom is 0.387 e. The molecule has 0 saturated carbocycles. The van der Waals surface area contributed by atoms with E-state index in [0.717, 1.165) is 24.8 Å². The Morgan fingerprint density at radius 3 is 2.52 bits per heavy atom. The Hall–Kier alpha value is -2.52. The van der Waals surface area contributed by atoms with E-state index in [2.05, 4.69) is 21.4 Å². The van der Waals surface area contributed by atoms with Gasteiger partial charge in [0.05, 0.1) is 6.54 Å². The SMILES string of the molecule is O=C(CN1CCC(C(=O)NCCc2cccs2)CC1)NCc1ccc(OC(F)F)cc1. The normalized spacial score (nSPS) is 15.1. The molecule has 2 N–H and O–H groups in total. The minimum Gasteiger partial charge on any atom is -0.435 e. The number of carbonyl (C=O) groups excluding carboxylic acids is 2. The second-order valence-corrected chi connectivity index (χ2v) is 8.50. The van der Waals surface area contributed by atoms with Gasteiger partial charge in [-0.3, -0.25) is 14.5 Å². The lowest BCUT2D eigenvalue weighted by atomic mass is 9.96. The van der Waals surface area contributed by atoms with E-state index in [1.807, 2.05) is 16.3 Å². The number of carbonyl (C=O) groups is 2. The van der Waals surface area contributed by atoms with Crippen LogP contribution in [0.3, 0.4) is 0 Å². The van der Waals surface area contributed by atoms with Crippen LogP contribution in [0.5, 0.6) is 5.75 Å². The molecule has 1 aromatic carbocycles. The molecule has 0 aliphatic carbocycles. The van der Waals surface area contributed by atoms with Gasteiger partial charge in [-0.25, -0.2) is 0 Å². The number of hydrogen-bond acceptors (Lipinski definition) is 5. The Morgan fingerprint density at radius 2 is 1.87 bits per heavy atom. The van der Waals surface area contributed by atoms with Gasteiger partial charge in [-0.2, -0.15) is 8.78 Å². The summed E-state index contributed by atoms with van der Waals surface area (Å²) in [4.78, 5) is 27.9. The molecule has 9 heteroatoms.